The van der Waals surface area contributed by atoms with Gasteiger partial charge in [-0.3, -0.25) is 14.5 Å². The van der Waals surface area contributed by atoms with Crippen molar-refractivity contribution >= 4 is 40.7 Å². The van der Waals surface area contributed by atoms with Crippen LogP contribution in [0.2, 0.25) is 10.0 Å². The second kappa shape index (κ2) is 8.85. The van der Waals surface area contributed by atoms with Crippen LogP contribution in [0, 0.1) is 5.41 Å². The van der Waals surface area contributed by atoms with E-state index in [1.165, 1.54) is 0 Å². The molecule has 25 heavy (non-hydrogen) atoms. The van der Waals surface area contributed by atoms with Crippen molar-refractivity contribution in [3.63, 3.8) is 0 Å². The minimum atomic E-state index is -1.22. The Morgan fingerprint density at radius 2 is 1.72 bits per heavy atom. The monoisotopic (exact) mass is 387 g/mol. The highest BCUT2D eigenvalue weighted by Gasteiger charge is 2.36. The van der Waals surface area contributed by atoms with E-state index in [0.717, 1.165) is 19.6 Å². The molecule has 1 aromatic carbocycles. The highest BCUT2D eigenvalue weighted by Crippen LogP contribution is 2.25. The van der Waals surface area contributed by atoms with Gasteiger partial charge < -0.3 is 15.4 Å². The van der Waals surface area contributed by atoms with Crippen LogP contribution >= 0.6 is 23.2 Å². The fraction of sp³-hybridized carbons (Fsp3) is 0.529. The van der Waals surface area contributed by atoms with E-state index in [1.807, 2.05) is 0 Å². The number of hydrogen-bond donors (Lipinski definition) is 2. The highest BCUT2D eigenvalue weighted by atomic mass is 35.5. The second-order valence-electron chi connectivity index (χ2n) is 6.45. The summed E-state index contributed by atoms with van der Waals surface area (Å²) >= 11 is 11.8. The number of amides is 2. The fourth-order valence-electron chi connectivity index (χ4n) is 2.39. The largest absolute Gasteiger partial charge is 0.379 e. The number of rotatable bonds is 6. The number of halogens is 2. The SMILES string of the molecule is CC(C)(C(=O)NCCN1CCOCC1)C(=O)Nc1cc(Cl)cc(Cl)c1. The van der Waals surface area contributed by atoms with Crippen molar-refractivity contribution in [2.45, 2.75) is 13.8 Å². The first-order valence-corrected chi connectivity index (χ1v) is 8.90. The average molecular weight is 388 g/mol. The summed E-state index contributed by atoms with van der Waals surface area (Å²) in [7, 11) is 0. The third kappa shape index (κ3) is 5.85. The van der Waals surface area contributed by atoms with Crippen molar-refractivity contribution in [3.8, 4) is 0 Å². The maximum absolute atomic E-state index is 12.5. The molecule has 138 valence electrons. The first-order chi connectivity index (χ1) is 11.8. The number of nitrogens with one attached hydrogen (secondary N) is 2. The van der Waals surface area contributed by atoms with Crippen molar-refractivity contribution in [3.05, 3.63) is 28.2 Å². The number of carbonyl (C=O) groups excluding carboxylic acids is 2. The molecule has 0 aliphatic carbocycles. The predicted molar refractivity (Wildman–Crippen MR) is 99.1 cm³/mol. The maximum Gasteiger partial charge on any atom is 0.239 e. The molecule has 2 rings (SSSR count). The maximum atomic E-state index is 12.5. The van der Waals surface area contributed by atoms with Crippen molar-refractivity contribution in [1.29, 1.82) is 0 Å². The molecular weight excluding hydrogens is 365 g/mol. The van der Waals surface area contributed by atoms with Gasteiger partial charge in [-0.2, -0.15) is 0 Å². The van der Waals surface area contributed by atoms with E-state index in [-0.39, 0.29) is 5.91 Å². The van der Waals surface area contributed by atoms with Gasteiger partial charge in [0.15, 0.2) is 0 Å². The normalized spacial score (nSPS) is 15.7. The molecule has 8 heteroatoms. The van der Waals surface area contributed by atoms with Gasteiger partial charge in [0.25, 0.3) is 0 Å². The number of morpholine rings is 1. The van der Waals surface area contributed by atoms with Crippen molar-refractivity contribution in [2.75, 3.05) is 44.7 Å². The Hall–Kier alpha value is -1.34. The van der Waals surface area contributed by atoms with Gasteiger partial charge in [0.2, 0.25) is 11.8 Å². The van der Waals surface area contributed by atoms with E-state index in [0.29, 0.717) is 35.5 Å². The third-order valence-electron chi connectivity index (χ3n) is 4.07. The number of benzene rings is 1. The summed E-state index contributed by atoms with van der Waals surface area (Å²) in [6, 6.07) is 4.73. The van der Waals surface area contributed by atoms with Crippen LogP contribution in [0.4, 0.5) is 5.69 Å². The molecule has 1 aliphatic heterocycles. The third-order valence-corrected chi connectivity index (χ3v) is 4.51. The van der Waals surface area contributed by atoms with E-state index in [9.17, 15) is 9.59 Å². The lowest BCUT2D eigenvalue weighted by molar-refractivity contribution is -0.138. The summed E-state index contributed by atoms with van der Waals surface area (Å²) in [4.78, 5) is 27.1. The number of anilines is 1. The van der Waals surface area contributed by atoms with E-state index in [4.69, 9.17) is 27.9 Å². The molecule has 0 radical (unpaired) electrons. The van der Waals surface area contributed by atoms with Gasteiger partial charge >= 0.3 is 0 Å². The van der Waals surface area contributed by atoms with Crippen molar-refractivity contribution in [2.24, 2.45) is 5.41 Å². The molecule has 1 aliphatic rings. The number of nitrogens with zero attached hydrogens (tertiary/aromatic N) is 1. The average Bonchev–Trinajstić information content (AvgIpc) is 2.54. The van der Waals surface area contributed by atoms with Crippen LogP contribution in [0.3, 0.4) is 0 Å². The molecule has 0 spiro atoms. The van der Waals surface area contributed by atoms with Crippen LogP contribution in [0.5, 0.6) is 0 Å². The molecule has 6 nitrogen and oxygen atoms in total. The molecule has 0 atom stereocenters. The van der Waals surface area contributed by atoms with E-state index >= 15 is 0 Å². The van der Waals surface area contributed by atoms with Crippen molar-refractivity contribution < 1.29 is 14.3 Å². The number of ether oxygens (including phenoxy) is 1. The van der Waals surface area contributed by atoms with Gasteiger partial charge in [0.1, 0.15) is 5.41 Å². The lowest BCUT2D eigenvalue weighted by Gasteiger charge is -2.27. The molecule has 1 saturated heterocycles. The van der Waals surface area contributed by atoms with Crippen LogP contribution in [-0.2, 0) is 14.3 Å². The standard InChI is InChI=1S/C17H23Cl2N3O3/c1-17(2,15(23)20-3-4-22-5-7-25-8-6-22)16(24)21-14-10-12(18)9-13(19)11-14/h9-11H,3-8H2,1-2H3,(H,20,23)(H,21,24). The second-order valence-corrected chi connectivity index (χ2v) is 7.32. The zero-order valence-electron chi connectivity index (χ0n) is 14.4. The topological polar surface area (TPSA) is 70.7 Å². The summed E-state index contributed by atoms with van der Waals surface area (Å²) in [5.41, 5.74) is -0.767. The molecule has 1 aromatic rings. The Bertz CT molecular complexity index is 611. The highest BCUT2D eigenvalue weighted by molar-refractivity contribution is 6.35. The summed E-state index contributed by atoms with van der Waals surface area (Å²) < 4.78 is 5.29. The molecule has 0 bridgehead atoms. The lowest BCUT2D eigenvalue weighted by atomic mass is 9.91. The van der Waals surface area contributed by atoms with Crippen LogP contribution in [0.1, 0.15) is 13.8 Å². The van der Waals surface area contributed by atoms with Gasteiger partial charge in [0.05, 0.1) is 13.2 Å². The molecular formula is C17H23Cl2N3O3. The predicted octanol–water partition coefficient (Wildman–Crippen LogP) is 2.41. The van der Waals surface area contributed by atoms with Crippen LogP contribution in [0.15, 0.2) is 18.2 Å². The van der Waals surface area contributed by atoms with Crippen LogP contribution < -0.4 is 10.6 Å². The summed E-state index contributed by atoms with van der Waals surface area (Å²) in [6.45, 7) is 7.52. The quantitative estimate of drug-likeness (QED) is 0.735. The molecule has 0 unspecified atom stereocenters. The lowest BCUT2D eigenvalue weighted by Crippen LogP contribution is -2.48. The first-order valence-electron chi connectivity index (χ1n) is 8.15. The van der Waals surface area contributed by atoms with Gasteiger partial charge in [-0.15, -0.1) is 0 Å². The van der Waals surface area contributed by atoms with Crippen LogP contribution in [-0.4, -0.2) is 56.1 Å². The summed E-state index contributed by atoms with van der Waals surface area (Å²) in [5, 5.41) is 6.34. The molecule has 0 aromatic heterocycles. The van der Waals surface area contributed by atoms with Gasteiger partial charge in [-0.05, 0) is 32.0 Å². The number of carbonyl (C=O) groups is 2. The summed E-state index contributed by atoms with van der Waals surface area (Å²) in [5.74, 6) is -0.749. The Balaban J connectivity index is 1.87. The smallest absolute Gasteiger partial charge is 0.239 e. The van der Waals surface area contributed by atoms with E-state index in [1.54, 1.807) is 32.0 Å². The summed E-state index contributed by atoms with van der Waals surface area (Å²) in [6.07, 6.45) is 0. The molecule has 1 heterocycles. The zero-order valence-corrected chi connectivity index (χ0v) is 15.9. The molecule has 2 N–H and O–H groups in total. The van der Waals surface area contributed by atoms with Gasteiger partial charge in [-0.1, -0.05) is 23.2 Å². The Morgan fingerprint density at radius 3 is 2.32 bits per heavy atom. The Kier molecular flexibility index (Phi) is 7.07. The molecule has 0 saturated carbocycles. The number of hydrogen-bond acceptors (Lipinski definition) is 4. The Labute approximate surface area is 157 Å². The van der Waals surface area contributed by atoms with Crippen LogP contribution in [0.25, 0.3) is 0 Å². The van der Waals surface area contributed by atoms with E-state index < -0.39 is 11.3 Å². The fourth-order valence-corrected chi connectivity index (χ4v) is 2.92. The molecule has 2 amide bonds. The molecule has 1 fully saturated rings. The first kappa shape index (κ1) is 20.0. The van der Waals surface area contributed by atoms with Crippen molar-refractivity contribution in [1.82, 2.24) is 10.2 Å². The van der Waals surface area contributed by atoms with Gasteiger partial charge in [0, 0.05) is 41.9 Å². The minimum Gasteiger partial charge on any atom is -0.379 e. The van der Waals surface area contributed by atoms with Gasteiger partial charge in [-0.25, -0.2) is 0 Å². The minimum absolute atomic E-state index is 0.327. The van der Waals surface area contributed by atoms with E-state index in [2.05, 4.69) is 15.5 Å². The zero-order chi connectivity index (χ0) is 18.4. The Morgan fingerprint density at radius 1 is 1.12 bits per heavy atom.